The number of nitrogens with two attached hydrogens (primary N) is 1. The molecule has 2 aromatic rings. The van der Waals surface area contributed by atoms with Gasteiger partial charge in [0.25, 0.3) is 0 Å². The highest BCUT2D eigenvalue weighted by atomic mass is 16.5. The van der Waals surface area contributed by atoms with Crippen molar-refractivity contribution in [1.29, 1.82) is 0 Å². The van der Waals surface area contributed by atoms with E-state index >= 15 is 0 Å². The number of aromatic nitrogens is 2. The lowest BCUT2D eigenvalue weighted by Crippen LogP contribution is -2.65. The summed E-state index contributed by atoms with van der Waals surface area (Å²) in [4.78, 5) is 26.2. The van der Waals surface area contributed by atoms with Crippen molar-refractivity contribution in [1.82, 2.24) is 14.9 Å². The van der Waals surface area contributed by atoms with Gasteiger partial charge in [0.15, 0.2) is 0 Å². The molecular weight excluding hydrogens is 378 g/mol. The van der Waals surface area contributed by atoms with Crippen molar-refractivity contribution in [3.8, 4) is 5.88 Å². The van der Waals surface area contributed by atoms with Crippen LogP contribution in [0.4, 0.5) is 11.8 Å². The smallest absolute Gasteiger partial charge is 0.225 e. The van der Waals surface area contributed by atoms with Gasteiger partial charge >= 0.3 is 0 Å². The van der Waals surface area contributed by atoms with Crippen molar-refractivity contribution < 1.29 is 9.53 Å². The van der Waals surface area contributed by atoms with E-state index in [1.807, 2.05) is 12.1 Å². The largest absolute Gasteiger partial charge is 0.481 e. The summed E-state index contributed by atoms with van der Waals surface area (Å²) < 4.78 is 5.31. The summed E-state index contributed by atoms with van der Waals surface area (Å²) in [5.41, 5.74) is 7.22. The summed E-state index contributed by atoms with van der Waals surface area (Å²) in [5.74, 6) is 2.75. The molecule has 3 saturated heterocycles. The van der Waals surface area contributed by atoms with Crippen LogP contribution in [-0.4, -0.2) is 53.1 Å². The Morgan fingerprint density at radius 3 is 2.77 bits per heavy atom. The molecule has 2 bridgehead atoms. The molecule has 158 valence electrons. The number of hydrogen-bond donors (Lipinski definition) is 1. The zero-order valence-corrected chi connectivity index (χ0v) is 17.4. The highest BCUT2D eigenvalue weighted by Gasteiger charge is 2.49. The van der Waals surface area contributed by atoms with E-state index in [-0.39, 0.29) is 12.0 Å². The third-order valence-corrected chi connectivity index (χ3v) is 7.02. The van der Waals surface area contributed by atoms with Crippen molar-refractivity contribution >= 4 is 17.7 Å². The van der Waals surface area contributed by atoms with Gasteiger partial charge in [0.1, 0.15) is 5.82 Å². The molecule has 0 unspecified atom stereocenters. The minimum absolute atomic E-state index is 0.227. The number of hydrogen-bond acceptors (Lipinski definition) is 6. The van der Waals surface area contributed by atoms with Crippen molar-refractivity contribution in [3.05, 3.63) is 42.0 Å². The number of ether oxygens (including phenoxy) is 1. The maximum atomic E-state index is 13.0. The van der Waals surface area contributed by atoms with Crippen LogP contribution in [0.2, 0.25) is 0 Å². The topological polar surface area (TPSA) is 84.6 Å². The maximum Gasteiger partial charge on any atom is 0.225 e. The van der Waals surface area contributed by atoms with Crippen LogP contribution in [0.25, 0.3) is 0 Å². The van der Waals surface area contributed by atoms with Crippen LogP contribution in [-0.2, 0) is 11.2 Å². The van der Waals surface area contributed by atoms with E-state index in [0.29, 0.717) is 36.1 Å². The number of amides is 1. The van der Waals surface area contributed by atoms with Crippen LogP contribution < -0.4 is 15.4 Å². The number of methoxy groups -OCH3 is 1. The van der Waals surface area contributed by atoms with Crippen LogP contribution >= 0.6 is 0 Å². The van der Waals surface area contributed by atoms with Crippen LogP contribution in [0.3, 0.4) is 0 Å². The van der Waals surface area contributed by atoms with Crippen LogP contribution in [0.15, 0.2) is 36.4 Å². The molecule has 4 heterocycles. The summed E-state index contributed by atoms with van der Waals surface area (Å²) in [6, 6.07) is 13.0. The van der Waals surface area contributed by atoms with Crippen molar-refractivity contribution in [3.63, 3.8) is 0 Å². The Labute approximate surface area is 177 Å². The molecule has 7 nitrogen and oxygen atoms in total. The average Bonchev–Trinajstić information content (AvgIpc) is 2.77. The number of carbonyl (C=O) groups is 1. The average molecular weight is 408 g/mol. The lowest BCUT2D eigenvalue weighted by atomic mass is 9.71. The summed E-state index contributed by atoms with van der Waals surface area (Å²) >= 11 is 0. The molecule has 4 atom stereocenters. The van der Waals surface area contributed by atoms with Crippen molar-refractivity contribution in [2.45, 2.75) is 44.2 Å². The molecule has 1 aromatic carbocycles. The molecule has 1 aromatic heterocycles. The fraction of sp³-hybridized carbons (Fsp3) is 0.522. The molecule has 30 heavy (non-hydrogen) atoms. The van der Waals surface area contributed by atoms with Crippen molar-refractivity contribution in [2.75, 3.05) is 30.8 Å². The molecule has 0 aliphatic carbocycles. The number of nitrogen functional groups attached to an aromatic ring is 1. The second-order valence-electron chi connectivity index (χ2n) is 8.81. The zero-order chi connectivity index (χ0) is 20.7. The fourth-order valence-corrected chi connectivity index (χ4v) is 5.78. The number of fused-ring (bicyclic) bond motifs is 4. The van der Waals surface area contributed by atoms with E-state index in [2.05, 4.69) is 44.0 Å². The summed E-state index contributed by atoms with van der Waals surface area (Å²) in [6.45, 7) is 1.76. The number of nitrogens with zero attached hydrogens (tertiary/aromatic N) is 4. The number of anilines is 2. The van der Waals surface area contributed by atoms with Crippen LogP contribution in [0.1, 0.15) is 31.2 Å². The van der Waals surface area contributed by atoms with Gasteiger partial charge in [-0.1, -0.05) is 30.3 Å². The van der Waals surface area contributed by atoms with E-state index < -0.39 is 0 Å². The van der Waals surface area contributed by atoms with E-state index in [1.165, 1.54) is 12.0 Å². The Hall–Kier alpha value is -2.83. The molecule has 0 spiro atoms. The van der Waals surface area contributed by atoms with Gasteiger partial charge in [-0.25, -0.2) is 0 Å². The molecule has 5 rings (SSSR count). The predicted molar refractivity (Wildman–Crippen MR) is 115 cm³/mol. The second-order valence-corrected chi connectivity index (χ2v) is 8.81. The standard InChI is InChI=1S/C23H29N5O2/c1-30-21-12-20(25-23(24)26-21)27-13-16-11-17(14-27)19(10-15-6-3-2-4-7-15)28-18(16)8-5-9-22(28)29/h2-4,6-7,12,16-19H,5,8-11,13-14H2,1H3,(H2,24,25,26)/t16-,17+,18+,19+/m1/s1. The van der Waals surface area contributed by atoms with Gasteiger partial charge < -0.3 is 20.3 Å². The minimum atomic E-state index is 0.227. The normalized spacial score (nSPS) is 28.2. The van der Waals surface area contributed by atoms with Crippen LogP contribution in [0.5, 0.6) is 5.88 Å². The first kappa shape index (κ1) is 19.2. The molecule has 3 aliphatic rings. The SMILES string of the molecule is COc1cc(N2C[C@H]3C[C@@H](C2)[C@H](Cc2ccccc2)N2C(=O)CCC[C@@H]32)nc(N)n1. The third kappa shape index (κ3) is 3.46. The zero-order valence-electron chi connectivity index (χ0n) is 17.4. The van der Waals surface area contributed by atoms with Gasteiger partial charge in [-0.05, 0) is 43.1 Å². The first-order valence-corrected chi connectivity index (χ1v) is 10.9. The highest BCUT2D eigenvalue weighted by Crippen LogP contribution is 2.43. The molecule has 0 radical (unpaired) electrons. The number of rotatable bonds is 4. The second kappa shape index (κ2) is 7.78. The molecule has 0 saturated carbocycles. The molecule has 3 fully saturated rings. The monoisotopic (exact) mass is 407 g/mol. The van der Waals surface area contributed by atoms with E-state index in [9.17, 15) is 4.79 Å². The highest BCUT2D eigenvalue weighted by molar-refractivity contribution is 5.78. The summed E-state index contributed by atoms with van der Waals surface area (Å²) in [5, 5.41) is 0. The van der Waals surface area contributed by atoms with E-state index in [0.717, 1.165) is 38.2 Å². The first-order valence-electron chi connectivity index (χ1n) is 10.9. The van der Waals surface area contributed by atoms with Crippen LogP contribution in [0, 0.1) is 11.8 Å². The number of benzene rings is 1. The van der Waals surface area contributed by atoms with Gasteiger partial charge in [0, 0.05) is 37.7 Å². The van der Waals surface area contributed by atoms with Gasteiger partial charge in [-0.2, -0.15) is 9.97 Å². The Morgan fingerprint density at radius 1 is 1.17 bits per heavy atom. The Bertz CT molecular complexity index is 921. The first-order chi connectivity index (χ1) is 14.6. The Morgan fingerprint density at radius 2 is 1.97 bits per heavy atom. The molecular formula is C23H29N5O2. The van der Waals surface area contributed by atoms with Crippen molar-refractivity contribution in [2.24, 2.45) is 11.8 Å². The molecule has 2 N–H and O–H groups in total. The number of carbonyl (C=O) groups excluding carboxylic acids is 1. The Balaban J connectivity index is 1.47. The van der Waals surface area contributed by atoms with Gasteiger partial charge in [-0.15, -0.1) is 0 Å². The van der Waals surface area contributed by atoms with Gasteiger partial charge in [-0.3, -0.25) is 4.79 Å². The Kier molecular flexibility index (Phi) is 4.97. The fourth-order valence-electron chi connectivity index (χ4n) is 5.78. The molecule has 3 aliphatic heterocycles. The lowest BCUT2D eigenvalue weighted by molar-refractivity contribution is -0.148. The van der Waals surface area contributed by atoms with E-state index in [4.69, 9.17) is 10.5 Å². The summed E-state index contributed by atoms with van der Waals surface area (Å²) in [7, 11) is 1.60. The molecule has 7 heteroatoms. The third-order valence-electron chi connectivity index (χ3n) is 7.02. The predicted octanol–water partition coefficient (Wildman–Crippen LogP) is 2.52. The van der Waals surface area contributed by atoms with E-state index in [1.54, 1.807) is 7.11 Å². The minimum Gasteiger partial charge on any atom is -0.481 e. The maximum absolute atomic E-state index is 13.0. The molecule has 1 amide bonds. The number of piperidine rings is 3. The van der Waals surface area contributed by atoms with Gasteiger partial charge in [0.05, 0.1) is 7.11 Å². The quantitative estimate of drug-likeness (QED) is 0.838. The summed E-state index contributed by atoms with van der Waals surface area (Å²) in [6.07, 6.45) is 4.85. The lowest BCUT2D eigenvalue weighted by Gasteiger charge is -2.57. The van der Waals surface area contributed by atoms with Gasteiger partial charge in [0.2, 0.25) is 17.7 Å².